The van der Waals surface area contributed by atoms with Crippen LogP contribution >= 0.6 is 0 Å². The molecule has 0 saturated heterocycles. The fraction of sp³-hybridized carbons (Fsp3) is 0.400. The van der Waals surface area contributed by atoms with Gasteiger partial charge in [-0.25, -0.2) is 4.39 Å². The second-order valence-electron chi connectivity index (χ2n) is 2.87. The maximum absolute atomic E-state index is 12.4. The predicted octanol–water partition coefficient (Wildman–Crippen LogP) is 1.67. The molecule has 0 saturated carbocycles. The lowest BCUT2D eigenvalue weighted by Gasteiger charge is -2.13. The minimum absolute atomic E-state index is 0.580. The van der Waals surface area contributed by atoms with E-state index in [0.717, 1.165) is 0 Å². The normalized spacial score (nSPS) is 12.3. The highest BCUT2D eigenvalue weighted by molar-refractivity contribution is 5.42. The molecule has 0 aromatic heterocycles. The van der Waals surface area contributed by atoms with Gasteiger partial charge in [-0.05, 0) is 18.2 Å². The number of benzene rings is 1. The molecule has 0 aliphatic heterocycles. The summed E-state index contributed by atoms with van der Waals surface area (Å²) < 4.78 is 22.5. The van der Waals surface area contributed by atoms with Crippen LogP contribution in [0.2, 0.25) is 0 Å². The van der Waals surface area contributed by atoms with E-state index < -0.39 is 12.7 Å². The fourth-order valence-electron chi connectivity index (χ4n) is 1.21. The molecular weight excluding hydrogens is 185 g/mol. The van der Waals surface area contributed by atoms with Gasteiger partial charge >= 0.3 is 0 Å². The van der Waals surface area contributed by atoms with E-state index in [4.69, 9.17) is 15.2 Å². The summed E-state index contributed by atoms with van der Waals surface area (Å²) in [5.41, 5.74) is 6.20. The standard InChI is InChI=1S/C10H14FNO2/c1-13-7-3-4-10(14-2)8(5-7)9(12)6-11/h3-5,9H,6,12H2,1-2H3/t9-/m0/s1. The topological polar surface area (TPSA) is 44.5 Å². The molecule has 0 unspecified atom stereocenters. The Labute approximate surface area is 82.6 Å². The van der Waals surface area contributed by atoms with E-state index in [1.54, 1.807) is 25.3 Å². The van der Waals surface area contributed by atoms with Gasteiger partial charge in [0.25, 0.3) is 0 Å². The third-order valence-corrected chi connectivity index (χ3v) is 2.00. The van der Waals surface area contributed by atoms with Gasteiger partial charge in [-0.3, -0.25) is 0 Å². The Morgan fingerprint density at radius 1 is 1.36 bits per heavy atom. The predicted molar refractivity (Wildman–Crippen MR) is 52.4 cm³/mol. The fourth-order valence-corrected chi connectivity index (χ4v) is 1.21. The first-order valence-corrected chi connectivity index (χ1v) is 4.26. The van der Waals surface area contributed by atoms with Crippen LogP contribution in [0.5, 0.6) is 11.5 Å². The van der Waals surface area contributed by atoms with Crippen molar-refractivity contribution in [2.24, 2.45) is 5.73 Å². The van der Waals surface area contributed by atoms with Crippen molar-refractivity contribution in [1.29, 1.82) is 0 Å². The van der Waals surface area contributed by atoms with Gasteiger partial charge in [0, 0.05) is 5.56 Å². The molecule has 1 atom stereocenters. The van der Waals surface area contributed by atoms with Crippen molar-refractivity contribution in [2.75, 3.05) is 20.9 Å². The average molecular weight is 199 g/mol. The Morgan fingerprint density at radius 2 is 2.07 bits per heavy atom. The Bertz CT molecular complexity index is 304. The van der Waals surface area contributed by atoms with Crippen molar-refractivity contribution >= 4 is 0 Å². The van der Waals surface area contributed by atoms with E-state index >= 15 is 0 Å². The number of hydrogen-bond acceptors (Lipinski definition) is 3. The smallest absolute Gasteiger partial charge is 0.123 e. The zero-order valence-corrected chi connectivity index (χ0v) is 8.29. The van der Waals surface area contributed by atoms with Crippen molar-refractivity contribution in [3.8, 4) is 11.5 Å². The first-order chi connectivity index (χ1) is 6.72. The molecule has 0 bridgehead atoms. The summed E-state index contributed by atoms with van der Waals surface area (Å²) in [4.78, 5) is 0. The van der Waals surface area contributed by atoms with Crippen molar-refractivity contribution in [3.05, 3.63) is 23.8 Å². The molecular formula is C10H14FNO2. The third kappa shape index (κ3) is 2.14. The monoisotopic (exact) mass is 199 g/mol. The van der Waals surface area contributed by atoms with E-state index in [-0.39, 0.29) is 0 Å². The molecule has 3 nitrogen and oxygen atoms in total. The first-order valence-electron chi connectivity index (χ1n) is 4.26. The second kappa shape index (κ2) is 4.81. The molecule has 0 aliphatic rings. The molecule has 0 amide bonds. The maximum atomic E-state index is 12.4. The van der Waals surface area contributed by atoms with Crippen molar-refractivity contribution < 1.29 is 13.9 Å². The Kier molecular flexibility index (Phi) is 3.71. The molecule has 1 aromatic rings. The van der Waals surface area contributed by atoms with Crippen molar-refractivity contribution in [3.63, 3.8) is 0 Å². The van der Waals surface area contributed by atoms with Crippen LogP contribution in [0.1, 0.15) is 11.6 Å². The zero-order valence-electron chi connectivity index (χ0n) is 8.29. The molecule has 4 heteroatoms. The molecule has 1 rings (SSSR count). The summed E-state index contributed by atoms with van der Waals surface area (Å²) in [6, 6.07) is 4.47. The zero-order chi connectivity index (χ0) is 10.6. The average Bonchev–Trinajstić information content (AvgIpc) is 2.27. The van der Waals surface area contributed by atoms with Crippen LogP contribution in [-0.4, -0.2) is 20.9 Å². The van der Waals surface area contributed by atoms with Gasteiger partial charge in [0.2, 0.25) is 0 Å². The summed E-state index contributed by atoms with van der Waals surface area (Å²) in [6.45, 7) is -0.622. The number of methoxy groups -OCH3 is 2. The number of halogens is 1. The van der Waals surface area contributed by atoms with Crippen LogP contribution in [0.15, 0.2) is 18.2 Å². The van der Waals surface area contributed by atoms with Gasteiger partial charge < -0.3 is 15.2 Å². The molecule has 14 heavy (non-hydrogen) atoms. The maximum Gasteiger partial charge on any atom is 0.123 e. The van der Waals surface area contributed by atoms with E-state index in [9.17, 15) is 4.39 Å². The van der Waals surface area contributed by atoms with E-state index in [1.807, 2.05) is 0 Å². The van der Waals surface area contributed by atoms with Crippen LogP contribution < -0.4 is 15.2 Å². The lowest BCUT2D eigenvalue weighted by molar-refractivity contribution is 0.382. The number of hydrogen-bond donors (Lipinski definition) is 1. The minimum atomic E-state index is -0.667. The molecule has 1 aromatic carbocycles. The van der Waals surface area contributed by atoms with Gasteiger partial charge in [0.15, 0.2) is 0 Å². The highest BCUT2D eigenvalue weighted by atomic mass is 19.1. The van der Waals surface area contributed by atoms with Crippen LogP contribution in [0.25, 0.3) is 0 Å². The highest BCUT2D eigenvalue weighted by Gasteiger charge is 2.12. The summed E-state index contributed by atoms with van der Waals surface area (Å²) >= 11 is 0. The Balaban J connectivity index is 3.08. The van der Waals surface area contributed by atoms with Gasteiger partial charge in [-0.1, -0.05) is 0 Å². The number of ether oxygens (including phenoxy) is 2. The van der Waals surface area contributed by atoms with Crippen LogP contribution in [0.4, 0.5) is 4.39 Å². The van der Waals surface area contributed by atoms with Crippen LogP contribution in [0.3, 0.4) is 0 Å². The molecule has 0 spiro atoms. The van der Waals surface area contributed by atoms with E-state index in [2.05, 4.69) is 0 Å². The van der Waals surface area contributed by atoms with Crippen molar-refractivity contribution in [1.82, 2.24) is 0 Å². The van der Waals surface area contributed by atoms with Crippen molar-refractivity contribution in [2.45, 2.75) is 6.04 Å². The molecule has 0 fully saturated rings. The molecule has 78 valence electrons. The Morgan fingerprint density at radius 3 is 2.57 bits per heavy atom. The lowest BCUT2D eigenvalue weighted by Crippen LogP contribution is -2.13. The van der Waals surface area contributed by atoms with E-state index in [1.165, 1.54) is 7.11 Å². The van der Waals surface area contributed by atoms with Crippen LogP contribution in [-0.2, 0) is 0 Å². The third-order valence-electron chi connectivity index (χ3n) is 2.00. The van der Waals surface area contributed by atoms with Gasteiger partial charge in [-0.2, -0.15) is 0 Å². The lowest BCUT2D eigenvalue weighted by atomic mass is 10.1. The SMILES string of the molecule is COc1ccc(OC)c([C@@H](N)CF)c1. The molecule has 0 radical (unpaired) electrons. The molecule has 0 aliphatic carbocycles. The van der Waals surface area contributed by atoms with Gasteiger partial charge in [0.05, 0.1) is 20.3 Å². The summed E-state index contributed by atoms with van der Waals surface area (Å²) in [5, 5.41) is 0. The largest absolute Gasteiger partial charge is 0.497 e. The van der Waals surface area contributed by atoms with E-state index in [0.29, 0.717) is 17.1 Å². The second-order valence-corrected chi connectivity index (χ2v) is 2.87. The Hall–Kier alpha value is -1.29. The van der Waals surface area contributed by atoms with Crippen LogP contribution in [0, 0.1) is 0 Å². The molecule has 0 heterocycles. The quantitative estimate of drug-likeness (QED) is 0.802. The number of rotatable bonds is 4. The summed E-state index contributed by atoms with van der Waals surface area (Å²) in [5.74, 6) is 1.22. The summed E-state index contributed by atoms with van der Waals surface area (Å²) in [6.07, 6.45) is 0. The first kappa shape index (κ1) is 10.8. The number of nitrogens with two attached hydrogens (primary N) is 1. The minimum Gasteiger partial charge on any atom is -0.497 e. The number of alkyl halides is 1. The highest BCUT2D eigenvalue weighted by Crippen LogP contribution is 2.28. The summed E-state index contributed by atoms with van der Waals surface area (Å²) in [7, 11) is 3.07. The van der Waals surface area contributed by atoms with Gasteiger partial charge in [-0.15, -0.1) is 0 Å². The van der Waals surface area contributed by atoms with Gasteiger partial charge in [0.1, 0.15) is 18.2 Å². The molecule has 2 N–H and O–H groups in total.